The highest BCUT2D eigenvalue weighted by molar-refractivity contribution is 6.71. The van der Waals surface area contributed by atoms with Crippen LogP contribution < -0.4 is 43.7 Å². The average Bonchev–Trinajstić information content (AvgIpc) is 3.61. The Morgan fingerprint density at radius 1 is 0.281 bits per heavy atom. The Hall–Kier alpha value is -5.92. The fraction of sp³-hybridized carbons (Fsp3) is 0. The number of hydrogen-bond acceptors (Lipinski definition) is 1. The molecule has 0 unspecified atom stereocenters. The third-order valence-electron chi connectivity index (χ3n) is 13.5. The summed E-state index contributed by atoms with van der Waals surface area (Å²) in [6, 6.07) is 48.9. The van der Waals surface area contributed by atoms with Crippen molar-refractivity contribution in [2.45, 2.75) is 0 Å². The molecule has 10 rings (SSSR count). The molecule has 0 spiro atoms. The maximum Gasteiger partial charge on any atom is 0.139 e. The van der Waals surface area contributed by atoms with E-state index in [0.717, 1.165) is 21.9 Å². The van der Waals surface area contributed by atoms with Gasteiger partial charge in [-0.05, 0) is 101 Å². The van der Waals surface area contributed by atoms with Crippen LogP contribution in [0.2, 0.25) is 0 Å². The van der Waals surface area contributed by atoms with E-state index in [-0.39, 0.29) is 0 Å². The molecule has 0 N–H and O–H groups in total. The second-order valence-corrected chi connectivity index (χ2v) is 16.3. The van der Waals surface area contributed by atoms with Gasteiger partial charge in [0.2, 0.25) is 0 Å². The van der Waals surface area contributed by atoms with Gasteiger partial charge in [-0.3, -0.25) is 0 Å². The second-order valence-electron chi connectivity index (χ2n) is 16.3. The summed E-state index contributed by atoms with van der Waals surface area (Å²) in [6.07, 6.45) is 0. The first-order valence-corrected chi connectivity index (χ1v) is 20.2. The fourth-order valence-electron chi connectivity index (χ4n) is 9.63. The molecule has 0 atom stereocenters. The summed E-state index contributed by atoms with van der Waals surface area (Å²) in [4.78, 5) is 0. The minimum atomic E-state index is 0.919. The van der Waals surface area contributed by atoms with Gasteiger partial charge in [0.1, 0.15) is 73.9 Å². The lowest BCUT2D eigenvalue weighted by Crippen LogP contribution is -2.50. The first-order chi connectivity index (χ1) is 27.6. The summed E-state index contributed by atoms with van der Waals surface area (Å²) >= 11 is 0. The molecule has 0 fully saturated rings. The molecule has 1 aromatic heterocycles. The summed E-state index contributed by atoms with van der Waals surface area (Å²) in [5.41, 5.74) is 22.9. The van der Waals surface area contributed by atoms with Gasteiger partial charge < -0.3 is 4.42 Å². The molecule has 0 aliphatic carbocycles. The van der Waals surface area contributed by atoms with Gasteiger partial charge in [0.05, 0.1) is 0 Å². The van der Waals surface area contributed by atoms with E-state index < -0.39 is 0 Å². The third-order valence-corrected chi connectivity index (χ3v) is 13.5. The van der Waals surface area contributed by atoms with E-state index in [4.69, 9.17) is 4.42 Å². The van der Waals surface area contributed by atoms with Gasteiger partial charge in [-0.1, -0.05) is 131 Å². The Morgan fingerprint density at radius 2 is 0.649 bits per heavy atom. The predicted octanol–water partition coefficient (Wildman–Crippen LogP) is -0.219. The van der Waals surface area contributed by atoms with Gasteiger partial charge in [0.15, 0.2) is 0 Å². The van der Waals surface area contributed by atoms with E-state index in [1.165, 1.54) is 121 Å². The summed E-state index contributed by atoms with van der Waals surface area (Å²) in [6.45, 7) is 0. The van der Waals surface area contributed by atoms with Gasteiger partial charge in [-0.25, -0.2) is 0 Å². The van der Waals surface area contributed by atoms with Gasteiger partial charge in [-0.15, -0.1) is 21.9 Å². The summed E-state index contributed by atoms with van der Waals surface area (Å²) in [5, 5.41) is 10.2. The Kier molecular flexibility index (Phi) is 8.31. The second kappa shape index (κ2) is 13.3. The minimum absolute atomic E-state index is 0.919. The van der Waals surface area contributed by atoms with Crippen LogP contribution in [0.25, 0.3) is 98.8 Å². The zero-order valence-electron chi connectivity index (χ0n) is 34.1. The Labute approximate surface area is 341 Å². The number of benzene rings is 9. The average molecular weight is 717 g/mol. The van der Waals surface area contributed by atoms with Crippen molar-refractivity contribution in [2.75, 3.05) is 0 Å². The number of fused-ring (bicyclic) bond motifs is 6. The summed E-state index contributed by atoms with van der Waals surface area (Å²) in [7, 11) is 18.5. The van der Waals surface area contributed by atoms with Crippen LogP contribution in [-0.2, 0) is 0 Å². The highest BCUT2D eigenvalue weighted by Crippen LogP contribution is 2.41. The molecule has 0 saturated carbocycles. The first-order valence-electron chi connectivity index (χ1n) is 20.2. The van der Waals surface area contributed by atoms with E-state index in [2.05, 4.69) is 196 Å². The highest BCUT2D eigenvalue weighted by atomic mass is 16.3. The molecule has 1 heterocycles. The van der Waals surface area contributed by atoms with E-state index >= 15 is 0 Å². The molecule has 0 bridgehead atoms. The van der Waals surface area contributed by atoms with Crippen LogP contribution in [0.5, 0.6) is 0 Å². The fourth-order valence-corrected chi connectivity index (χ4v) is 9.63. The van der Waals surface area contributed by atoms with E-state index in [0.29, 0.717) is 0 Å². The van der Waals surface area contributed by atoms with Crippen LogP contribution in [0.1, 0.15) is 0 Å². The van der Waals surface area contributed by atoms with Crippen molar-refractivity contribution < 1.29 is 4.42 Å². The van der Waals surface area contributed by atoms with Crippen LogP contribution in [0.4, 0.5) is 0 Å². The molecular weight excluding hydrogens is 679 g/mol. The van der Waals surface area contributed by atoms with Gasteiger partial charge in [0.25, 0.3) is 0 Å². The van der Waals surface area contributed by atoms with Crippen LogP contribution in [0.15, 0.2) is 138 Å². The molecule has 0 radical (unpaired) electrons. The molecule has 57 heavy (non-hydrogen) atoms. The largest absolute Gasteiger partial charge is 0.456 e. The van der Waals surface area contributed by atoms with Gasteiger partial charge in [-0.2, -0.15) is 0 Å². The smallest absolute Gasteiger partial charge is 0.139 e. The van der Waals surface area contributed by atoms with Crippen LogP contribution in [0.3, 0.4) is 0 Å². The van der Waals surface area contributed by atoms with Gasteiger partial charge >= 0.3 is 0 Å². The monoisotopic (exact) mass is 718 g/mol. The number of hydrogen-bond donors (Lipinski definition) is 0. The zero-order valence-corrected chi connectivity index (χ0v) is 34.1. The van der Waals surface area contributed by atoms with Crippen molar-refractivity contribution >= 4 is 161 Å². The number of rotatable bonds is 4. The number of furan rings is 1. The Morgan fingerprint density at radius 3 is 1.14 bits per heavy atom. The molecule has 0 aliphatic heterocycles. The lowest BCUT2D eigenvalue weighted by atomic mass is 9.59. The normalized spacial score (nSPS) is 11.7. The van der Waals surface area contributed by atoms with Gasteiger partial charge in [0, 0.05) is 10.8 Å². The molecule has 9 aromatic carbocycles. The highest BCUT2D eigenvalue weighted by Gasteiger charge is 2.25. The van der Waals surface area contributed by atoms with Crippen LogP contribution >= 0.6 is 0 Å². The van der Waals surface area contributed by atoms with E-state index in [9.17, 15) is 0 Å². The third kappa shape index (κ3) is 5.43. The van der Waals surface area contributed by atoms with Crippen molar-refractivity contribution in [3.05, 3.63) is 133 Å². The minimum Gasteiger partial charge on any atom is -0.456 e. The van der Waals surface area contributed by atoms with E-state index in [1.54, 1.807) is 0 Å². The molecular formula is C48H38B8O. The molecule has 0 amide bonds. The van der Waals surface area contributed by atoms with Crippen molar-refractivity contribution in [3.8, 4) is 44.5 Å². The van der Waals surface area contributed by atoms with Crippen molar-refractivity contribution in [3.63, 3.8) is 0 Å². The quantitative estimate of drug-likeness (QED) is 0.182. The van der Waals surface area contributed by atoms with Crippen molar-refractivity contribution in [2.24, 2.45) is 0 Å². The SMILES string of the molecule is Bc1c(B)c(B)c2c(-c3ccc(-c4ccc(-c5ccc6oc7cc8ccccc8cc7c6c5)cc4)cc3)c3c(B)c(B)c(B)c(B)c3c(-c3ccccc3)c2c1B. The van der Waals surface area contributed by atoms with Crippen LogP contribution in [0, 0.1) is 0 Å². The molecule has 0 aliphatic rings. The summed E-state index contributed by atoms with van der Waals surface area (Å²) in [5.74, 6) is 0. The maximum absolute atomic E-state index is 6.29. The first kappa shape index (κ1) is 35.5. The van der Waals surface area contributed by atoms with Crippen molar-refractivity contribution in [1.82, 2.24) is 0 Å². The molecule has 10 aromatic rings. The maximum atomic E-state index is 6.29. The summed E-state index contributed by atoms with van der Waals surface area (Å²) < 4.78 is 6.29. The van der Waals surface area contributed by atoms with Crippen LogP contribution in [-0.4, -0.2) is 62.8 Å². The molecule has 9 heteroatoms. The molecule has 1 nitrogen and oxygen atoms in total. The lowest BCUT2D eigenvalue weighted by Gasteiger charge is -2.28. The van der Waals surface area contributed by atoms with E-state index in [1.807, 2.05) is 0 Å². The molecule has 0 saturated heterocycles. The Bertz CT molecular complexity index is 3220. The van der Waals surface area contributed by atoms with Crippen molar-refractivity contribution in [1.29, 1.82) is 0 Å². The standard InChI is InChI=1S/C48H38B8O/c49-41-37-35(26-6-2-1-3-7-26)38-40(44(52)48(56)46(54)42(38)50)36(39(37)43(51)47(55)45(41)53)27-16-14-24(15-17-27)23-10-12-25(13-11-23)30-18-19-33-31(21-30)32-20-28-8-4-5-9-29(28)22-34(32)57-33/h1-22H,49-56H2. The predicted molar refractivity (Wildman–Crippen MR) is 273 cm³/mol. The Balaban J connectivity index is 1.11. The lowest BCUT2D eigenvalue weighted by molar-refractivity contribution is 0.669. The zero-order chi connectivity index (χ0) is 39.3. The topological polar surface area (TPSA) is 13.1 Å². The molecule has 260 valence electrons.